The number of hydrogen-bond donors (Lipinski definition) is 0. The Balaban J connectivity index is 2.58. The topological polar surface area (TPSA) is 3.24 Å². The van der Waals surface area contributed by atoms with E-state index >= 15 is 0 Å². The summed E-state index contributed by atoms with van der Waals surface area (Å²) >= 11 is 0. The molecule has 1 heteroatoms. The van der Waals surface area contributed by atoms with Crippen molar-refractivity contribution < 1.29 is 0 Å². The summed E-state index contributed by atoms with van der Waals surface area (Å²) in [6.07, 6.45) is 5.03. The first-order valence-electron chi connectivity index (χ1n) is 8.40. The van der Waals surface area contributed by atoms with E-state index in [9.17, 15) is 0 Å². The van der Waals surface area contributed by atoms with Gasteiger partial charge in [0.2, 0.25) is 0 Å². The van der Waals surface area contributed by atoms with E-state index in [0.717, 1.165) is 0 Å². The molecule has 0 saturated heterocycles. The highest BCUT2D eigenvalue weighted by molar-refractivity contribution is 5.33. The van der Waals surface area contributed by atoms with Gasteiger partial charge in [-0.1, -0.05) is 51.5 Å². The fourth-order valence-electron chi connectivity index (χ4n) is 2.98. The van der Waals surface area contributed by atoms with Crippen LogP contribution in [0.15, 0.2) is 18.2 Å². The zero-order valence-electron chi connectivity index (χ0n) is 14.2. The first-order valence-corrected chi connectivity index (χ1v) is 8.40. The summed E-state index contributed by atoms with van der Waals surface area (Å²) in [5.41, 5.74) is 4.49. The molecule has 0 aliphatic heterocycles. The summed E-state index contributed by atoms with van der Waals surface area (Å²) in [4.78, 5) is 2.62. The SMILES string of the molecule is CCCN(CCC)CCCc1cc(C)ccc1C(C)C. The van der Waals surface area contributed by atoms with Crippen molar-refractivity contribution in [3.8, 4) is 0 Å². The van der Waals surface area contributed by atoms with E-state index in [1.54, 1.807) is 5.56 Å². The number of benzene rings is 1. The normalized spacial score (nSPS) is 11.6. The molecule has 0 aromatic heterocycles. The van der Waals surface area contributed by atoms with Crippen molar-refractivity contribution in [2.24, 2.45) is 0 Å². The molecule has 0 spiro atoms. The van der Waals surface area contributed by atoms with Gasteiger partial charge in [0.25, 0.3) is 0 Å². The maximum absolute atomic E-state index is 2.62. The van der Waals surface area contributed by atoms with Gasteiger partial charge in [-0.15, -0.1) is 0 Å². The van der Waals surface area contributed by atoms with Crippen LogP contribution in [0.4, 0.5) is 0 Å². The Morgan fingerprint density at radius 3 is 2.20 bits per heavy atom. The zero-order chi connectivity index (χ0) is 15.0. The van der Waals surface area contributed by atoms with Crippen LogP contribution in [0.3, 0.4) is 0 Å². The molecule has 0 aliphatic carbocycles. The Morgan fingerprint density at radius 1 is 1.00 bits per heavy atom. The number of hydrogen-bond acceptors (Lipinski definition) is 1. The average Bonchev–Trinajstić information content (AvgIpc) is 2.39. The fourth-order valence-corrected chi connectivity index (χ4v) is 2.98. The van der Waals surface area contributed by atoms with E-state index in [2.05, 4.69) is 57.7 Å². The zero-order valence-corrected chi connectivity index (χ0v) is 14.2. The van der Waals surface area contributed by atoms with Crippen molar-refractivity contribution in [1.29, 1.82) is 0 Å². The molecule has 1 aromatic rings. The maximum Gasteiger partial charge on any atom is -0.00156 e. The van der Waals surface area contributed by atoms with Gasteiger partial charge in [0, 0.05) is 0 Å². The van der Waals surface area contributed by atoms with Crippen LogP contribution < -0.4 is 0 Å². The molecule has 0 aliphatic rings. The Kier molecular flexibility index (Phi) is 7.91. The van der Waals surface area contributed by atoms with Gasteiger partial charge in [-0.2, -0.15) is 0 Å². The highest BCUT2D eigenvalue weighted by Gasteiger charge is 2.08. The van der Waals surface area contributed by atoms with Crippen molar-refractivity contribution >= 4 is 0 Å². The molecule has 0 N–H and O–H groups in total. The summed E-state index contributed by atoms with van der Waals surface area (Å²) in [6, 6.07) is 6.96. The molecule has 1 rings (SSSR count). The Hall–Kier alpha value is -0.820. The average molecular weight is 275 g/mol. The second kappa shape index (κ2) is 9.18. The monoisotopic (exact) mass is 275 g/mol. The molecule has 0 radical (unpaired) electrons. The van der Waals surface area contributed by atoms with Gasteiger partial charge >= 0.3 is 0 Å². The molecule has 0 saturated carbocycles. The Bertz CT molecular complexity index is 375. The standard InChI is InChI=1S/C19H33N/c1-6-12-20(13-7-2)14-8-9-18-15-17(5)10-11-19(18)16(3)4/h10-11,15-16H,6-9,12-14H2,1-5H3. The first kappa shape index (κ1) is 17.2. The van der Waals surface area contributed by atoms with E-state index in [0.29, 0.717) is 5.92 Å². The van der Waals surface area contributed by atoms with E-state index in [1.807, 2.05) is 0 Å². The molecule has 1 aromatic carbocycles. The van der Waals surface area contributed by atoms with Crippen molar-refractivity contribution in [1.82, 2.24) is 4.90 Å². The molecule has 0 amide bonds. The van der Waals surface area contributed by atoms with Crippen molar-refractivity contribution in [3.63, 3.8) is 0 Å². The number of rotatable bonds is 9. The molecule has 0 fully saturated rings. The second-order valence-electron chi connectivity index (χ2n) is 6.30. The smallest absolute Gasteiger partial charge is 0.00156 e. The van der Waals surface area contributed by atoms with E-state index < -0.39 is 0 Å². The van der Waals surface area contributed by atoms with Crippen LogP contribution in [0.2, 0.25) is 0 Å². The third-order valence-corrected chi connectivity index (χ3v) is 3.92. The van der Waals surface area contributed by atoms with Crippen molar-refractivity contribution in [2.75, 3.05) is 19.6 Å². The molecule has 114 valence electrons. The van der Waals surface area contributed by atoms with Gasteiger partial charge < -0.3 is 4.90 Å². The van der Waals surface area contributed by atoms with Crippen LogP contribution in [0, 0.1) is 6.92 Å². The second-order valence-corrected chi connectivity index (χ2v) is 6.30. The quantitative estimate of drug-likeness (QED) is 0.600. The fraction of sp³-hybridized carbons (Fsp3) is 0.684. The van der Waals surface area contributed by atoms with E-state index in [-0.39, 0.29) is 0 Å². The minimum absolute atomic E-state index is 0.632. The van der Waals surface area contributed by atoms with Crippen LogP contribution in [-0.4, -0.2) is 24.5 Å². The summed E-state index contributed by atoms with van der Waals surface area (Å²) in [7, 11) is 0. The Morgan fingerprint density at radius 2 is 1.65 bits per heavy atom. The lowest BCUT2D eigenvalue weighted by atomic mass is 9.93. The maximum atomic E-state index is 2.62. The van der Waals surface area contributed by atoms with Crippen LogP contribution in [0.1, 0.15) is 69.6 Å². The summed E-state index contributed by atoms with van der Waals surface area (Å²) in [5.74, 6) is 0.632. The Labute approximate surface area is 126 Å². The van der Waals surface area contributed by atoms with Gasteiger partial charge in [0.1, 0.15) is 0 Å². The molecule has 0 bridgehead atoms. The molecule has 1 nitrogen and oxygen atoms in total. The summed E-state index contributed by atoms with van der Waals surface area (Å²) in [6.45, 7) is 15.1. The lowest BCUT2D eigenvalue weighted by molar-refractivity contribution is 0.271. The van der Waals surface area contributed by atoms with Gasteiger partial charge in [-0.25, -0.2) is 0 Å². The minimum atomic E-state index is 0.632. The molecule has 0 unspecified atom stereocenters. The summed E-state index contributed by atoms with van der Waals surface area (Å²) < 4.78 is 0. The minimum Gasteiger partial charge on any atom is -0.303 e. The van der Waals surface area contributed by atoms with E-state index in [1.165, 1.54) is 56.4 Å². The third kappa shape index (κ3) is 5.66. The van der Waals surface area contributed by atoms with Crippen LogP contribution in [0.25, 0.3) is 0 Å². The molecular formula is C19H33N. The molecular weight excluding hydrogens is 242 g/mol. The predicted molar refractivity (Wildman–Crippen MR) is 90.6 cm³/mol. The van der Waals surface area contributed by atoms with Crippen LogP contribution in [-0.2, 0) is 6.42 Å². The lowest BCUT2D eigenvalue weighted by Gasteiger charge is -2.21. The molecule has 0 atom stereocenters. The lowest BCUT2D eigenvalue weighted by Crippen LogP contribution is -2.26. The molecule has 20 heavy (non-hydrogen) atoms. The van der Waals surface area contributed by atoms with Crippen LogP contribution >= 0.6 is 0 Å². The summed E-state index contributed by atoms with van der Waals surface area (Å²) in [5, 5.41) is 0. The van der Waals surface area contributed by atoms with Crippen molar-refractivity contribution in [2.45, 2.75) is 66.2 Å². The highest BCUT2D eigenvalue weighted by atomic mass is 15.1. The molecule has 0 heterocycles. The van der Waals surface area contributed by atoms with Crippen LogP contribution in [0.5, 0.6) is 0 Å². The predicted octanol–water partition coefficient (Wildman–Crippen LogP) is 5.17. The highest BCUT2D eigenvalue weighted by Crippen LogP contribution is 2.22. The van der Waals surface area contributed by atoms with Gasteiger partial charge in [-0.3, -0.25) is 0 Å². The van der Waals surface area contributed by atoms with Crippen molar-refractivity contribution in [3.05, 3.63) is 34.9 Å². The van der Waals surface area contributed by atoms with Gasteiger partial charge in [-0.05, 0) is 69.3 Å². The first-order chi connectivity index (χ1) is 9.58. The number of aryl methyl sites for hydroxylation is 2. The third-order valence-electron chi connectivity index (χ3n) is 3.92. The van der Waals surface area contributed by atoms with Gasteiger partial charge in [0.05, 0.1) is 0 Å². The van der Waals surface area contributed by atoms with Gasteiger partial charge in [0.15, 0.2) is 0 Å². The van der Waals surface area contributed by atoms with E-state index in [4.69, 9.17) is 0 Å². The number of nitrogens with zero attached hydrogens (tertiary/aromatic N) is 1. The largest absolute Gasteiger partial charge is 0.303 e.